The molecule has 0 atom stereocenters. The van der Waals surface area contributed by atoms with E-state index in [1.54, 1.807) is 18.2 Å². The molecule has 2 rings (SSSR count). The van der Waals surface area contributed by atoms with Crippen molar-refractivity contribution in [1.29, 1.82) is 0 Å². The van der Waals surface area contributed by atoms with Crippen LogP contribution in [0, 0.1) is 13.8 Å². The van der Waals surface area contributed by atoms with Crippen LogP contribution in [-0.4, -0.2) is 20.2 Å². The SMILES string of the molecule is COc1cc(/C=C/C(=O)OCc2cc(C)ccc2C)cc(Cl)c1OC. The van der Waals surface area contributed by atoms with Gasteiger partial charge in [-0.05, 0) is 48.7 Å². The number of hydrogen-bond donors (Lipinski definition) is 0. The second-order valence-corrected chi connectivity index (χ2v) is 6.02. The lowest BCUT2D eigenvalue weighted by Gasteiger charge is -2.10. The molecule has 0 unspecified atom stereocenters. The van der Waals surface area contributed by atoms with Gasteiger partial charge in [0, 0.05) is 6.08 Å². The second-order valence-electron chi connectivity index (χ2n) is 5.61. The molecule has 2 aromatic carbocycles. The number of carbonyl (C=O) groups is 1. The minimum atomic E-state index is -0.424. The van der Waals surface area contributed by atoms with Crippen molar-refractivity contribution in [2.45, 2.75) is 20.5 Å². The van der Waals surface area contributed by atoms with Crippen LogP contribution < -0.4 is 9.47 Å². The highest BCUT2D eigenvalue weighted by molar-refractivity contribution is 6.32. The fraction of sp³-hybridized carbons (Fsp3) is 0.250. The van der Waals surface area contributed by atoms with Crippen molar-refractivity contribution < 1.29 is 19.0 Å². The summed E-state index contributed by atoms with van der Waals surface area (Å²) in [6.45, 7) is 4.24. The van der Waals surface area contributed by atoms with E-state index in [1.165, 1.54) is 20.3 Å². The van der Waals surface area contributed by atoms with Crippen LogP contribution in [0.5, 0.6) is 11.5 Å². The molecule has 25 heavy (non-hydrogen) atoms. The molecule has 132 valence electrons. The van der Waals surface area contributed by atoms with Gasteiger partial charge < -0.3 is 14.2 Å². The van der Waals surface area contributed by atoms with Crippen molar-refractivity contribution in [3.8, 4) is 11.5 Å². The van der Waals surface area contributed by atoms with Gasteiger partial charge in [-0.25, -0.2) is 4.79 Å². The number of ether oxygens (including phenoxy) is 3. The van der Waals surface area contributed by atoms with Gasteiger partial charge >= 0.3 is 5.97 Å². The number of rotatable bonds is 6. The summed E-state index contributed by atoms with van der Waals surface area (Å²) >= 11 is 6.15. The van der Waals surface area contributed by atoms with Crippen LogP contribution in [-0.2, 0) is 16.1 Å². The van der Waals surface area contributed by atoms with Crippen molar-refractivity contribution in [2.75, 3.05) is 14.2 Å². The smallest absolute Gasteiger partial charge is 0.331 e. The highest BCUT2D eigenvalue weighted by Crippen LogP contribution is 2.36. The average Bonchev–Trinajstić information content (AvgIpc) is 2.60. The maximum absolute atomic E-state index is 12.0. The Hall–Kier alpha value is -2.46. The van der Waals surface area contributed by atoms with E-state index in [0.717, 1.165) is 16.7 Å². The highest BCUT2D eigenvalue weighted by Gasteiger charge is 2.10. The van der Waals surface area contributed by atoms with Gasteiger partial charge in [0.1, 0.15) is 6.61 Å². The lowest BCUT2D eigenvalue weighted by atomic mass is 10.1. The summed E-state index contributed by atoms with van der Waals surface area (Å²) < 4.78 is 15.7. The quantitative estimate of drug-likeness (QED) is 0.551. The van der Waals surface area contributed by atoms with E-state index in [9.17, 15) is 4.79 Å². The van der Waals surface area contributed by atoms with E-state index < -0.39 is 5.97 Å². The number of aryl methyl sites for hydroxylation is 2. The Kier molecular flexibility index (Phi) is 6.48. The predicted molar refractivity (Wildman–Crippen MR) is 99.3 cm³/mol. The first kappa shape index (κ1) is 18.9. The van der Waals surface area contributed by atoms with Crippen molar-refractivity contribution in [1.82, 2.24) is 0 Å². The van der Waals surface area contributed by atoms with Gasteiger partial charge in [-0.1, -0.05) is 35.4 Å². The van der Waals surface area contributed by atoms with E-state index in [2.05, 4.69) is 0 Å². The van der Waals surface area contributed by atoms with Gasteiger partial charge in [0.25, 0.3) is 0 Å². The first-order valence-corrected chi connectivity index (χ1v) is 8.15. The third-order valence-corrected chi connectivity index (χ3v) is 4.02. The zero-order chi connectivity index (χ0) is 18.4. The molecule has 0 aliphatic rings. The fourth-order valence-corrected chi connectivity index (χ4v) is 2.65. The molecule has 0 amide bonds. The van der Waals surface area contributed by atoms with Crippen LogP contribution in [0.1, 0.15) is 22.3 Å². The molecule has 0 aliphatic carbocycles. The van der Waals surface area contributed by atoms with Crippen LogP contribution in [0.3, 0.4) is 0 Å². The van der Waals surface area contributed by atoms with E-state index in [4.69, 9.17) is 25.8 Å². The van der Waals surface area contributed by atoms with E-state index in [-0.39, 0.29) is 6.61 Å². The van der Waals surface area contributed by atoms with Crippen molar-refractivity contribution >= 4 is 23.6 Å². The van der Waals surface area contributed by atoms with Crippen LogP contribution in [0.2, 0.25) is 5.02 Å². The summed E-state index contributed by atoms with van der Waals surface area (Å²) in [7, 11) is 3.05. The molecule has 4 nitrogen and oxygen atoms in total. The van der Waals surface area contributed by atoms with Gasteiger partial charge in [0.05, 0.1) is 19.2 Å². The van der Waals surface area contributed by atoms with E-state index >= 15 is 0 Å². The molecule has 0 N–H and O–H groups in total. The molecule has 2 aromatic rings. The van der Waals surface area contributed by atoms with Crippen molar-refractivity contribution in [3.63, 3.8) is 0 Å². The van der Waals surface area contributed by atoms with E-state index in [1.807, 2.05) is 32.0 Å². The number of halogens is 1. The highest BCUT2D eigenvalue weighted by atomic mass is 35.5. The fourth-order valence-electron chi connectivity index (χ4n) is 2.35. The molecule has 0 aliphatic heterocycles. The molecule has 0 spiro atoms. The van der Waals surface area contributed by atoms with Gasteiger partial charge in [-0.3, -0.25) is 0 Å². The topological polar surface area (TPSA) is 44.8 Å². The summed E-state index contributed by atoms with van der Waals surface area (Å²) in [5, 5.41) is 0.408. The minimum Gasteiger partial charge on any atom is -0.493 e. The lowest BCUT2D eigenvalue weighted by Crippen LogP contribution is -2.02. The second kappa shape index (κ2) is 8.58. The molecule has 0 aromatic heterocycles. The number of hydrogen-bond acceptors (Lipinski definition) is 4. The number of benzene rings is 2. The Balaban J connectivity index is 2.05. The molecule has 0 fully saturated rings. The molecule has 0 saturated carbocycles. The molecular formula is C20H21ClO4. The maximum Gasteiger partial charge on any atom is 0.331 e. The molecule has 0 heterocycles. The summed E-state index contributed by atoms with van der Waals surface area (Å²) in [6.07, 6.45) is 2.99. The Labute approximate surface area is 153 Å². The Morgan fingerprint density at radius 3 is 2.56 bits per heavy atom. The number of esters is 1. The van der Waals surface area contributed by atoms with Crippen LogP contribution >= 0.6 is 11.6 Å². The average molecular weight is 361 g/mol. The Bertz CT molecular complexity index is 797. The zero-order valence-electron chi connectivity index (χ0n) is 14.8. The number of methoxy groups -OCH3 is 2. The van der Waals surface area contributed by atoms with Crippen molar-refractivity contribution in [2.24, 2.45) is 0 Å². The Morgan fingerprint density at radius 2 is 1.88 bits per heavy atom. The lowest BCUT2D eigenvalue weighted by molar-refractivity contribution is -0.138. The molecule has 5 heteroatoms. The summed E-state index contributed by atoms with van der Waals surface area (Å²) in [6, 6.07) is 9.48. The normalized spacial score (nSPS) is 10.8. The van der Waals surface area contributed by atoms with Crippen molar-refractivity contribution in [3.05, 3.63) is 63.7 Å². The van der Waals surface area contributed by atoms with E-state index in [0.29, 0.717) is 22.1 Å². The first-order chi connectivity index (χ1) is 11.9. The Morgan fingerprint density at radius 1 is 1.12 bits per heavy atom. The summed E-state index contributed by atoms with van der Waals surface area (Å²) in [5.74, 6) is 0.532. The monoisotopic (exact) mass is 360 g/mol. The third kappa shape index (κ3) is 5.00. The standard InChI is InChI=1S/C20H21ClO4/c1-13-5-6-14(2)16(9-13)12-25-19(22)8-7-15-10-17(21)20(24-4)18(11-15)23-3/h5-11H,12H2,1-4H3/b8-7+. The first-order valence-electron chi connectivity index (χ1n) is 7.77. The minimum absolute atomic E-state index is 0.239. The zero-order valence-corrected chi connectivity index (χ0v) is 15.5. The van der Waals surface area contributed by atoms with Crippen LogP contribution in [0.25, 0.3) is 6.08 Å². The largest absolute Gasteiger partial charge is 0.493 e. The molecule has 0 radical (unpaired) electrons. The van der Waals surface area contributed by atoms with Crippen LogP contribution in [0.4, 0.5) is 0 Å². The van der Waals surface area contributed by atoms with Crippen LogP contribution in [0.15, 0.2) is 36.4 Å². The van der Waals surface area contributed by atoms with Gasteiger partial charge in [0.2, 0.25) is 0 Å². The van der Waals surface area contributed by atoms with Gasteiger partial charge in [-0.2, -0.15) is 0 Å². The molecular weight excluding hydrogens is 340 g/mol. The summed E-state index contributed by atoms with van der Waals surface area (Å²) in [5.41, 5.74) is 3.93. The maximum atomic E-state index is 12.0. The van der Waals surface area contributed by atoms with Gasteiger partial charge in [-0.15, -0.1) is 0 Å². The molecule has 0 bridgehead atoms. The van der Waals surface area contributed by atoms with Gasteiger partial charge in [0.15, 0.2) is 11.5 Å². The summed E-state index contributed by atoms with van der Waals surface area (Å²) in [4.78, 5) is 12.0. The third-order valence-electron chi connectivity index (χ3n) is 3.74. The molecule has 0 saturated heterocycles. The number of carbonyl (C=O) groups excluding carboxylic acids is 1. The predicted octanol–water partition coefficient (Wildman–Crippen LogP) is 4.73.